The largest absolute Gasteiger partial charge is 0.365 e. The quantitative estimate of drug-likeness (QED) is 0.802. The number of hydrogen-bond donors (Lipinski definition) is 3. The van der Waals surface area contributed by atoms with E-state index < -0.39 is 0 Å². The second-order valence-electron chi connectivity index (χ2n) is 4.87. The molecule has 0 saturated carbocycles. The fraction of sp³-hybridized carbons (Fsp3) is 0.286. The molecular formula is C14H16BrN5. The van der Waals surface area contributed by atoms with Gasteiger partial charge in [0.05, 0.1) is 6.04 Å². The lowest BCUT2D eigenvalue weighted by atomic mass is 10.2. The third-order valence-corrected chi connectivity index (χ3v) is 3.76. The average Bonchev–Trinajstić information content (AvgIpc) is 2.39. The predicted octanol–water partition coefficient (Wildman–Crippen LogP) is 2.67. The molecule has 5 nitrogen and oxygen atoms in total. The number of aromatic nitrogens is 2. The van der Waals surface area contributed by atoms with Crippen molar-refractivity contribution in [2.24, 2.45) is 0 Å². The highest BCUT2D eigenvalue weighted by Crippen LogP contribution is 2.24. The molecule has 1 aromatic heterocycles. The fourth-order valence-electron chi connectivity index (χ4n) is 1.97. The van der Waals surface area contributed by atoms with E-state index in [0.29, 0.717) is 6.04 Å². The van der Waals surface area contributed by atoms with Crippen molar-refractivity contribution in [1.82, 2.24) is 15.3 Å². The topological polar surface area (TPSA) is 61.9 Å². The molecule has 1 aliphatic rings. The molecule has 0 spiro atoms. The van der Waals surface area contributed by atoms with Gasteiger partial charge >= 0.3 is 0 Å². The molecule has 3 rings (SSSR count). The number of halogens is 1. The first-order valence-electron chi connectivity index (χ1n) is 6.53. The summed E-state index contributed by atoms with van der Waals surface area (Å²) < 4.78 is 1.04. The van der Waals surface area contributed by atoms with Gasteiger partial charge in [-0.2, -0.15) is 0 Å². The molecule has 1 saturated heterocycles. The molecule has 0 radical (unpaired) electrons. The van der Waals surface area contributed by atoms with E-state index in [1.54, 1.807) is 6.33 Å². The van der Waals surface area contributed by atoms with Gasteiger partial charge in [0.1, 0.15) is 18.0 Å². The van der Waals surface area contributed by atoms with E-state index in [1.165, 1.54) is 5.56 Å². The van der Waals surface area contributed by atoms with E-state index in [0.717, 1.165) is 34.9 Å². The van der Waals surface area contributed by atoms with Gasteiger partial charge in [-0.3, -0.25) is 0 Å². The molecule has 20 heavy (non-hydrogen) atoms. The Bertz CT molecular complexity index is 612. The van der Waals surface area contributed by atoms with Gasteiger partial charge in [-0.25, -0.2) is 9.97 Å². The molecule has 3 N–H and O–H groups in total. The normalized spacial score (nSPS) is 14.7. The van der Waals surface area contributed by atoms with Gasteiger partial charge in [0.2, 0.25) is 0 Å². The molecule has 0 amide bonds. The zero-order valence-corrected chi connectivity index (χ0v) is 12.7. The van der Waals surface area contributed by atoms with Crippen molar-refractivity contribution in [3.63, 3.8) is 0 Å². The highest BCUT2D eigenvalue weighted by Gasteiger charge is 2.16. The van der Waals surface area contributed by atoms with E-state index in [1.807, 2.05) is 18.2 Å². The Morgan fingerprint density at radius 2 is 2.00 bits per heavy atom. The molecule has 0 bridgehead atoms. The second-order valence-corrected chi connectivity index (χ2v) is 5.79. The molecule has 104 valence electrons. The van der Waals surface area contributed by atoms with Crippen molar-refractivity contribution in [3.8, 4) is 0 Å². The summed E-state index contributed by atoms with van der Waals surface area (Å²) in [4.78, 5) is 8.51. The van der Waals surface area contributed by atoms with E-state index in [2.05, 4.69) is 54.8 Å². The number of rotatable bonds is 4. The zero-order chi connectivity index (χ0) is 13.9. The molecule has 0 aliphatic carbocycles. The summed E-state index contributed by atoms with van der Waals surface area (Å²) in [6.07, 6.45) is 1.57. The van der Waals surface area contributed by atoms with Crippen LogP contribution in [0.3, 0.4) is 0 Å². The molecule has 1 aliphatic heterocycles. The standard InChI is InChI=1S/C14H16BrN5/c1-9-2-3-10(15)4-12(9)20-14-5-13(17-8-18-14)19-11-6-16-7-11/h2-5,8,11,16H,6-7H2,1H3,(H2,17,18,19,20). The molecule has 1 fully saturated rings. The Morgan fingerprint density at radius 1 is 1.20 bits per heavy atom. The maximum absolute atomic E-state index is 4.26. The summed E-state index contributed by atoms with van der Waals surface area (Å²) in [6.45, 7) is 4.03. The van der Waals surface area contributed by atoms with Crippen LogP contribution in [0.4, 0.5) is 17.3 Å². The molecule has 0 unspecified atom stereocenters. The Morgan fingerprint density at radius 3 is 2.75 bits per heavy atom. The summed E-state index contributed by atoms with van der Waals surface area (Å²) in [7, 11) is 0. The smallest absolute Gasteiger partial charge is 0.135 e. The van der Waals surface area contributed by atoms with Crippen LogP contribution in [0.1, 0.15) is 5.56 Å². The van der Waals surface area contributed by atoms with E-state index >= 15 is 0 Å². The highest BCUT2D eigenvalue weighted by molar-refractivity contribution is 9.10. The summed E-state index contributed by atoms with van der Waals surface area (Å²) in [5, 5.41) is 9.92. The van der Waals surface area contributed by atoms with Crippen LogP contribution in [-0.2, 0) is 0 Å². The van der Waals surface area contributed by atoms with Crippen LogP contribution in [0.15, 0.2) is 35.1 Å². The maximum Gasteiger partial charge on any atom is 0.135 e. The van der Waals surface area contributed by atoms with Crippen LogP contribution < -0.4 is 16.0 Å². The van der Waals surface area contributed by atoms with Crippen molar-refractivity contribution in [2.75, 3.05) is 23.7 Å². The maximum atomic E-state index is 4.26. The lowest BCUT2D eigenvalue weighted by molar-refractivity contribution is 0.471. The lowest BCUT2D eigenvalue weighted by Crippen LogP contribution is -2.51. The van der Waals surface area contributed by atoms with Crippen LogP contribution in [0.5, 0.6) is 0 Å². The Hall–Kier alpha value is -1.66. The second kappa shape index (κ2) is 5.76. The van der Waals surface area contributed by atoms with Crippen LogP contribution in [-0.4, -0.2) is 29.1 Å². The molecule has 1 aromatic carbocycles. The van der Waals surface area contributed by atoms with Crippen molar-refractivity contribution in [3.05, 3.63) is 40.6 Å². The molecular weight excluding hydrogens is 318 g/mol. The third-order valence-electron chi connectivity index (χ3n) is 3.26. The summed E-state index contributed by atoms with van der Waals surface area (Å²) in [6, 6.07) is 8.52. The number of nitrogens with zero attached hydrogens (tertiary/aromatic N) is 2. The van der Waals surface area contributed by atoms with Crippen molar-refractivity contribution in [1.29, 1.82) is 0 Å². The number of anilines is 3. The fourth-order valence-corrected chi connectivity index (χ4v) is 2.33. The zero-order valence-electron chi connectivity index (χ0n) is 11.2. The van der Waals surface area contributed by atoms with E-state index in [4.69, 9.17) is 0 Å². The summed E-state index contributed by atoms with van der Waals surface area (Å²) >= 11 is 3.48. The Labute approximate surface area is 126 Å². The molecule has 2 heterocycles. The number of benzene rings is 1. The van der Waals surface area contributed by atoms with Crippen LogP contribution >= 0.6 is 15.9 Å². The van der Waals surface area contributed by atoms with Crippen LogP contribution in [0.25, 0.3) is 0 Å². The summed E-state index contributed by atoms with van der Waals surface area (Å²) in [5.74, 6) is 1.64. The number of nitrogens with one attached hydrogen (secondary N) is 3. The van der Waals surface area contributed by atoms with Crippen molar-refractivity contribution < 1.29 is 0 Å². The lowest BCUT2D eigenvalue weighted by Gasteiger charge is -2.28. The SMILES string of the molecule is Cc1ccc(Br)cc1Nc1cc(NC2CNC2)ncn1. The first-order valence-corrected chi connectivity index (χ1v) is 7.32. The van der Waals surface area contributed by atoms with Crippen LogP contribution in [0, 0.1) is 6.92 Å². The van der Waals surface area contributed by atoms with Crippen molar-refractivity contribution >= 4 is 33.3 Å². The minimum absolute atomic E-state index is 0.463. The predicted molar refractivity (Wildman–Crippen MR) is 84.5 cm³/mol. The van der Waals surface area contributed by atoms with Gasteiger partial charge < -0.3 is 16.0 Å². The third kappa shape index (κ3) is 3.08. The van der Waals surface area contributed by atoms with E-state index in [9.17, 15) is 0 Å². The minimum atomic E-state index is 0.463. The monoisotopic (exact) mass is 333 g/mol. The van der Waals surface area contributed by atoms with Gasteiger partial charge in [-0.05, 0) is 24.6 Å². The molecule has 6 heteroatoms. The van der Waals surface area contributed by atoms with Gasteiger partial charge in [0.15, 0.2) is 0 Å². The van der Waals surface area contributed by atoms with Gasteiger partial charge in [0, 0.05) is 29.3 Å². The van der Waals surface area contributed by atoms with Crippen molar-refractivity contribution in [2.45, 2.75) is 13.0 Å². The van der Waals surface area contributed by atoms with Gasteiger partial charge in [-0.1, -0.05) is 22.0 Å². The average molecular weight is 334 g/mol. The highest BCUT2D eigenvalue weighted by atomic mass is 79.9. The molecule has 2 aromatic rings. The van der Waals surface area contributed by atoms with Gasteiger partial charge in [0.25, 0.3) is 0 Å². The van der Waals surface area contributed by atoms with E-state index in [-0.39, 0.29) is 0 Å². The Balaban J connectivity index is 1.76. The first-order chi connectivity index (χ1) is 9.70. The first kappa shape index (κ1) is 13.3. The number of aryl methyl sites for hydroxylation is 1. The summed E-state index contributed by atoms with van der Waals surface area (Å²) in [5.41, 5.74) is 2.21. The minimum Gasteiger partial charge on any atom is -0.365 e. The molecule has 0 atom stereocenters. The number of hydrogen-bond acceptors (Lipinski definition) is 5. The van der Waals surface area contributed by atoms with Gasteiger partial charge in [-0.15, -0.1) is 0 Å². The van der Waals surface area contributed by atoms with Crippen LogP contribution in [0.2, 0.25) is 0 Å². The Kier molecular flexibility index (Phi) is 3.84.